The minimum atomic E-state index is -0.995. The van der Waals surface area contributed by atoms with Crippen molar-refractivity contribution in [1.82, 2.24) is 10.3 Å². The lowest BCUT2D eigenvalue weighted by Crippen LogP contribution is -2.53. The monoisotopic (exact) mass is 1240 g/mol. The number of hydrogen-bond acceptors (Lipinski definition) is 6. The third-order valence-corrected chi connectivity index (χ3v) is 19.6. The highest BCUT2D eigenvalue weighted by Crippen LogP contribution is 2.52. The van der Waals surface area contributed by atoms with Gasteiger partial charge >= 0.3 is 5.97 Å². The smallest absolute Gasteiger partial charge is 0.326 e. The van der Waals surface area contributed by atoms with Crippen LogP contribution in [0, 0.1) is 5.41 Å². The molecule has 2 unspecified atom stereocenters. The van der Waals surface area contributed by atoms with Crippen LogP contribution in [0.2, 0.25) is 10.0 Å². The van der Waals surface area contributed by atoms with Gasteiger partial charge in [-0.2, -0.15) is 0 Å². The van der Waals surface area contributed by atoms with Crippen LogP contribution in [-0.2, 0) is 20.7 Å². The number of nitrogens with zero attached hydrogens (tertiary/aromatic N) is 1. The van der Waals surface area contributed by atoms with E-state index in [1.807, 2.05) is 0 Å². The lowest BCUT2D eigenvalue weighted by atomic mass is 9.64. The van der Waals surface area contributed by atoms with E-state index in [1.165, 1.54) is 282 Å². The molecule has 1 amide bonds. The van der Waals surface area contributed by atoms with Crippen LogP contribution in [0.5, 0.6) is 0 Å². The lowest BCUT2D eigenvalue weighted by molar-refractivity contribution is -0.140. The summed E-state index contributed by atoms with van der Waals surface area (Å²) in [5.74, 6) is -1.39. The molecule has 8 nitrogen and oxygen atoms in total. The third kappa shape index (κ3) is 30.8. The zero-order valence-electron chi connectivity index (χ0n) is 51.8. The van der Waals surface area contributed by atoms with E-state index in [-0.39, 0.29) is 33.9 Å². The van der Waals surface area contributed by atoms with Crippen molar-refractivity contribution in [2.24, 2.45) is 5.41 Å². The first kappa shape index (κ1) is 72.0. The van der Waals surface area contributed by atoms with Crippen molar-refractivity contribution in [2.75, 3.05) is 12.4 Å². The van der Waals surface area contributed by atoms with Crippen molar-refractivity contribution in [1.29, 1.82) is 0 Å². The van der Waals surface area contributed by atoms with E-state index < -0.39 is 23.3 Å². The number of nitrogens with one attached hydrogen (secondary N) is 2. The Bertz CT molecular complexity index is 2000. The van der Waals surface area contributed by atoms with Crippen molar-refractivity contribution < 1.29 is 24.2 Å². The molecule has 466 valence electrons. The fourth-order valence-corrected chi connectivity index (χ4v) is 14.3. The Kier molecular flexibility index (Phi) is 41.0. The fraction of sp³-hybridized carbons (Fsp3) is 0.775. The number of carbonyl (C=O) groups excluding carboxylic acids is 2. The number of amides is 1. The van der Waals surface area contributed by atoms with Crippen LogP contribution in [0.15, 0.2) is 46.8 Å². The normalized spacial score (nSPS) is 23.2. The molecular weight excluding hydrogens is 1130 g/mol. The van der Waals surface area contributed by atoms with Crippen LogP contribution in [0.25, 0.3) is 0 Å². The van der Waals surface area contributed by atoms with Gasteiger partial charge in [-0.15, -0.1) is 0 Å². The Balaban J connectivity index is 1.23. The maximum atomic E-state index is 14.2. The van der Waals surface area contributed by atoms with Gasteiger partial charge in [0.15, 0.2) is 5.78 Å². The molecule has 11 heteroatoms. The average molecular weight is 1240 g/mol. The molecule has 0 radical (unpaired) electrons. The number of allylic oxidation sites excluding steroid dienone is 2. The molecule has 1 aromatic carbocycles. The van der Waals surface area contributed by atoms with E-state index in [1.54, 1.807) is 31.4 Å². The van der Waals surface area contributed by atoms with E-state index in [2.05, 4.69) is 31.5 Å². The number of ketones is 1. The summed E-state index contributed by atoms with van der Waals surface area (Å²) in [4.78, 5) is 44.1. The van der Waals surface area contributed by atoms with Gasteiger partial charge in [-0.1, -0.05) is 331 Å². The summed E-state index contributed by atoms with van der Waals surface area (Å²) in [5, 5.41) is 17.1. The Labute approximate surface area is 519 Å². The highest BCUT2D eigenvalue weighted by molar-refractivity contribution is 9.12. The molecule has 1 aromatic heterocycles. The van der Waals surface area contributed by atoms with Gasteiger partial charge < -0.3 is 20.5 Å². The number of halogens is 3. The van der Waals surface area contributed by atoms with Crippen LogP contribution in [0.1, 0.15) is 337 Å². The van der Waals surface area contributed by atoms with Gasteiger partial charge in [0.2, 0.25) is 0 Å². The molecule has 2 aliphatic rings. The molecule has 1 heterocycles. The third-order valence-electron chi connectivity index (χ3n) is 18.3. The maximum absolute atomic E-state index is 14.2. The first-order valence-corrected chi connectivity index (χ1v) is 35.9. The first-order chi connectivity index (χ1) is 40.2. The van der Waals surface area contributed by atoms with E-state index in [9.17, 15) is 19.5 Å². The number of aliphatic carboxylic acids is 1. The van der Waals surface area contributed by atoms with Crippen LogP contribution < -0.4 is 10.6 Å². The maximum Gasteiger partial charge on any atom is 0.326 e. The molecule has 1 fully saturated rings. The molecule has 2 aromatic rings. The van der Waals surface area contributed by atoms with Crippen molar-refractivity contribution in [3.8, 4) is 0 Å². The number of anilines is 1. The summed E-state index contributed by atoms with van der Waals surface area (Å²) in [6, 6.07) is 6.10. The van der Waals surface area contributed by atoms with Crippen LogP contribution in [0.4, 0.5) is 5.69 Å². The molecule has 82 heavy (non-hydrogen) atoms. The van der Waals surface area contributed by atoms with Gasteiger partial charge in [-0.05, 0) is 59.3 Å². The summed E-state index contributed by atoms with van der Waals surface area (Å²) < 4.78 is 6.54. The Morgan fingerprint density at radius 1 is 0.537 bits per heavy atom. The number of hydrogen-bond donors (Lipinski definition) is 3. The number of rotatable bonds is 8. The highest BCUT2D eigenvalue weighted by atomic mass is 79.9. The van der Waals surface area contributed by atoms with Gasteiger partial charge in [0, 0.05) is 37.3 Å². The summed E-state index contributed by atoms with van der Waals surface area (Å²) in [6.07, 6.45) is 68.9. The zero-order valence-corrected chi connectivity index (χ0v) is 54.9. The predicted octanol–water partition coefficient (Wildman–Crippen LogP) is 22.9. The number of methoxy groups -OCH3 is 1. The van der Waals surface area contributed by atoms with Crippen molar-refractivity contribution in [2.45, 2.75) is 340 Å². The number of benzene rings is 1. The van der Waals surface area contributed by atoms with E-state index in [0.29, 0.717) is 28.7 Å². The second-order valence-corrected chi connectivity index (χ2v) is 26.8. The molecule has 4 rings (SSSR count). The molecule has 1 spiro atoms. The minimum absolute atomic E-state index is 0.0429. The molecule has 3 N–H and O–H groups in total. The van der Waals surface area contributed by atoms with Gasteiger partial charge in [-0.25, -0.2) is 4.79 Å². The Morgan fingerprint density at radius 3 is 1.20 bits per heavy atom. The molecular formula is C71H116BrCl2N3O5. The summed E-state index contributed by atoms with van der Waals surface area (Å²) in [5.41, 5.74) is 1.35. The van der Waals surface area contributed by atoms with E-state index >= 15 is 0 Å². The molecule has 2 aliphatic carbocycles. The van der Waals surface area contributed by atoms with E-state index in [4.69, 9.17) is 27.9 Å². The SMILES string of the molecule is COC1CCCCCCCCCCCCCCCCCCCCCCCCCCCCCCCCCCCCCCCCCCCCCCCCC2(CC1)C(=O)C(Br)=C2N[C@@H](Cc1ccc(NC(=O)c2c(Cl)cncc2Cl)cc1)C(=O)O. The molecule has 3 atom stereocenters. The predicted molar refractivity (Wildman–Crippen MR) is 352 cm³/mol. The number of carboxylic acids is 1. The standard InChI is InChI=1S/C71H116BrCl2N3O5/c1-82-61-48-46-44-42-40-38-36-34-32-30-28-26-24-22-20-18-16-14-12-10-8-6-4-2-3-5-7-9-11-13-15-17-19-21-23-25-27-29-31-33-35-37-39-41-43-45-47-54-71(55-53-61)67(66(72)68(71)78)77-64(70(80)81)56-59-49-51-60(52-50-59)76-69(79)65-62(73)57-75-58-63(65)74/h49-52,57-58,61,64,77H,2-48,53-56H2,1H3,(H,76,79)(H,80,81)/t61?,64-,71?/m0/s1. The van der Waals surface area contributed by atoms with Gasteiger partial charge in [0.25, 0.3) is 5.91 Å². The van der Waals surface area contributed by atoms with E-state index in [0.717, 1.165) is 44.1 Å². The second-order valence-electron chi connectivity index (χ2n) is 25.2. The van der Waals surface area contributed by atoms with Gasteiger partial charge in [0.05, 0.1) is 31.6 Å². The highest BCUT2D eigenvalue weighted by Gasteiger charge is 2.53. The number of carboxylic acid groups (broad SMARTS) is 1. The van der Waals surface area contributed by atoms with Gasteiger partial charge in [0.1, 0.15) is 6.04 Å². The first-order valence-electron chi connectivity index (χ1n) is 34.3. The van der Waals surface area contributed by atoms with Crippen molar-refractivity contribution in [3.63, 3.8) is 0 Å². The topological polar surface area (TPSA) is 118 Å². The molecule has 0 aliphatic heterocycles. The minimum Gasteiger partial charge on any atom is -0.480 e. The van der Waals surface area contributed by atoms with Crippen LogP contribution >= 0.6 is 39.1 Å². The molecule has 1 saturated carbocycles. The second kappa shape index (κ2) is 46.7. The Hall–Kier alpha value is -2.46. The number of aromatic nitrogens is 1. The van der Waals surface area contributed by atoms with Crippen molar-refractivity contribution in [3.05, 3.63) is 68.0 Å². The average Bonchev–Trinajstić information content (AvgIpc) is 3.64. The number of Topliss-reactive ketones (excluding diaryl/α,β-unsaturated/α-hetero) is 1. The largest absolute Gasteiger partial charge is 0.480 e. The summed E-state index contributed by atoms with van der Waals surface area (Å²) in [7, 11) is 1.80. The lowest BCUT2D eigenvalue weighted by Gasteiger charge is -2.45. The molecule has 0 bridgehead atoms. The Morgan fingerprint density at radius 2 is 0.866 bits per heavy atom. The zero-order chi connectivity index (χ0) is 58.6. The quantitative estimate of drug-likeness (QED) is 0.241. The number of ether oxygens (including phenoxy) is 1. The summed E-state index contributed by atoms with van der Waals surface area (Å²) >= 11 is 16.1. The molecule has 0 saturated heterocycles. The summed E-state index contributed by atoms with van der Waals surface area (Å²) in [6.45, 7) is 0. The van der Waals surface area contributed by atoms with Gasteiger partial charge in [-0.3, -0.25) is 14.6 Å². The fourth-order valence-electron chi connectivity index (χ4n) is 12.9. The van der Waals surface area contributed by atoms with Crippen LogP contribution in [-0.4, -0.2) is 47.0 Å². The van der Waals surface area contributed by atoms with Crippen LogP contribution in [0.3, 0.4) is 0 Å². The number of pyridine rings is 1. The number of carbonyl (C=O) groups is 3. The van der Waals surface area contributed by atoms with Crippen molar-refractivity contribution >= 4 is 62.5 Å².